The topological polar surface area (TPSA) is 52.6 Å². The lowest BCUT2D eigenvalue weighted by Crippen LogP contribution is -2.62. The van der Waals surface area contributed by atoms with Crippen molar-refractivity contribution >= 4 is 17.5 Å². The first-order valence-electron chi connectivity index (χ1n) is 7.11. The molecule has 3 rings (SSSR count). The maximum atomic E-state index is 13.6. The van der Waals surface area contributed by atoms with Gasteiger partial charge in [-0.1, -0.05) is 29.8 Å². The van der Waals surface area contributed by atoms with Gasteiger partial charge in [0.15, 0.2) is 0 Å². The summed E-state index contributed by atoms with van der Waals surface area (Å²) in [5.74, 6) is -2.24. The fourth-order valence-corrected chi connectivity index (χ4v) is 3.29. The number of hydrogen-bond donors (Lipinski definition) is 2. The van der Waals surface area contributed by atoms with E-state index in [4.69, 9.17) is 11.6 Å². The van der Waals surface area contributed by atoms with Gasteiger partial charge in [-0.05, 0) is 31.4 Å². The molecule has 0 bridgehead atoms. The molecule has 1 amide bonds. The van der Waals surface area contributed by atoms with Crippen molar-refractivity contribution in [1.82, 2.24) is 10.4 Å². The maximum absolute atomic E-state index is 13.6. The number of nitrogens with one attached hydrogen (secondary N) is 1. The molecule has 2 aliphatic rings. The third kappa shape index (κ3) is 2.38. The van der Waals surface area contributed by atoms with E-state index in [9.17, 15) is 23.1 Å². The van der Waals surface area contributed by atoms with E-state index in [1.165, 1.54) is 18.2 Å². The summed E-state index contributed by atoms with van der Waals surface area (Å²) in [6, 6.07) is 5.78. The minimum atomic E-state index is -5.01. The van der Waals surface area contributed by atoms with Gasteiger partial charge in [-0.25, -0.2) is 5.01 Å². The van der Waals surface area contributed by atoms with Crippen molar-refractivity contribution in [2.45, 2.75) is 31.2 Å². The number of allylic oxidation sites excluding steroid dienone is 1. The van der Waals surface area contributed by atoms with Crippen molar-refractivity contribution in [1.29, 1.82) is 0 Å². The summed E-state index contributed by atoms with van der Waals surface area (Å²) in [5.41, 5.74) is -0.753. The third-order valence-corrected chi connectivity index (χ3v) is 4.56. The van der Waals surface area contributed by atoms with Crippen LogP contribution in [0.1, 0.15) is 29.6 Å². The number of carbonyl (C=O) groups is 1. The molecule has 1 aromatic carbocycles. The highest BCUT2D eigenvalue weighted by Gasteiger charge is 2.68. The molecule has 1 aliphatic heterocycles. The summed E-state index contributed by atoms with van der Waals surface area (Å²) < 4.78 is 40.8. The molecule has 2 unspecified atom stereocenters. The van der Waals surface area contributed by atoms with E-state index in [-0.39, 0.29) is 27.7 Å². The highest BCUT2D eigenvalue weighted by Crippen LogP contribution is 2.49. The van der Waals surface area contributed by atoms with Crippen LogP contribution in [0.2, 0.25) is 5.02 Å². The number of hydrazine groups is 1. The largest absolute Gasteiger partial charge is 0.439 e. The van der Waals surface area contributed by atoms with Crippen LogP contribution in [-0.2, 0) is 0 Å². The minimum absolute atomic E-state index is 0.0210. The molecule has 0 saturated carbocycles. The molecular weight excluding hydrogens is 333 g/mol. The van der Waals surface area contributed by atoms with Gasteiger partial charge in [-0.2, -0.15) is 13.2 Å². The number of carbonyl (C=O) groups excluding carboxylic acids is 1. The monoisotopic (exact) mass is 346 g/mol. The standard InChI is InChI=1S/C15H14ClF3N2O2/c16-11-7-3-1-5-9(11)13(22)21-14(23,15(17,18)19)10-6-2-4-8-12(10)20-21/h1,3,5,7-8,10,20,23H,2,4,6H2. The second-order valence-corrected chi connectivity index (χ2v) is 6.01. The van der Waals surface area contributed by atoms with E-state index >= 15 is 0 Å². The fraction of sp³-hybridized carbons (Fsp3) is 0.400. The Morgan fingerprint density at radius 1 is 1.39 bits per heavy atom. The van der Waals surface area contributed by atoms with Crippen molar-refractivity contribution in [2.24, 2.45) is 5.92 Å². The molecule has 2 N–H and O–H groups in total. The lowest BCUT2D eigenvalue weighted by atomic mass is 9.84. The molecule has 1 fully saturated rings. The van der Waals surface area contributed by atoms with Crippen molar-refractivity contribution in [3.05, 3.63) is 46.6 Å². The molecule has 4 nitrogen and oxygen atoms in total. The molecule has 1 aliphatic carbocycles. The Bertz CT molecular complexity index is 677. The van der Waals surface area contributed by atoms with Crippen LogP contribution in [0.25, 0.3) is 0 Å². The van der Waals surface area contributed by atoms with Crippen molar-refractivity contribution < 1.29 is 23.1 Å². The van der Waals surface area contributed by atoms with Gasteiger partial charge in [-0.15, -0.1) is 0 Å². The highest BCUT2D eigenvalue weighted by atomic mass is 35.5. The average molecular weight is 347 g/mol. The molecule has 1 heterocycles. The predicted molar refractivity (Wildman–Crippen MR) is 77.2 cm³/mol. The first-order chi connectivity index (χ1) is 10.8. The Balaban J connectivity index is 2.07. The maximum Gasteiger partial charge on any atom is 0.439 e. The van der Waals surface area contributed by atoms with Crippen LogP contribution in [0.3, 0.4) is 0 Å². The van der Waals surface area contributed by atoms with Crippen molar-refractivity contribution in [3.8, 4) is 0 Å². The Morgan fingerprint density at radius 3 is 2.74 bits per heavy atom. The second kappa shape index (κ2) is 5.42. The van der Waals surface area contributed by atoms with Gasteiger partial charge in [0.1, 0.15) is 0 Å². The first kappa shape index (κ1) is 16.1. The van der Waals surface area contributed by atoms with Gasteiger partial charge < -0.3 is 5.11 Å². The molecule has 23 heavy (non-hydrogen) atoms. The highest BCUT2D eigenvalue weighted by molar-refractivity contribution is 6.33. The van der Waals surface area contributed by atoms with Crippen LogP contribution in [0.15, 0.2) is 36.0 Å². The SMILES string of the molecule is O=C(c1ccccc1Cl)N1NC2=CCCCC2C1(O)C(F)(F)F. The molecule has 2 atom stereocenters. The Kier molecular flexibility index (Phi) is 3.80. The van der Waals surface area contributed by atoms with Crippen molar-refractivity contribution in [3.63, 3.8) is 0 Å². The molecule has 1 aromatic rings. The minimum Gasteiger partial charge on any atom is -0.362 e. The van der Waals surface area contributed by atoms with E-state index < -0.39 is 23.7 Å². The first-order valence-corrected chi connectivity index (χ1v) is 7.49. The average Bonchev–Trinajstić information content (AvgIpc) is 2.82. The van der Waals surface area contributed by atoms with E-state index in [2.05, 4.69) is 5.43 Å². The number of hydrogen-bond acceptors (Lipinski definition) is 3. The summed E-state index contributed by atoms with van der Waals surface area (Å²) in [4.78, 5) is 12.6. The number of benzene rings is 1. The molecule has 0 aromatic heterocycles. The Labute approximate surface area is 135 Å². The summed E-state index contributed by atoms with van der Waals surface area (Å²) in [6.45, 7) is 0. The molecule has 8 heteroatoms. The van der Waals surface area contributed by atoms with Crippen LogP contribution in [0.4, 0.5) is 13.2 Å². The van der Waals surface area contributed by atoms with Gasteiger partial charge >= 0.3 is 6.18 Å². The van der Waals surface area contributed by atoms with Crippen LogP contribution < -0.4 is 5.43 Å². The smallest absolute Gasteiger partial charge is 0.362 e. The number of halogens is 4. The Morgan fingerprint density at radius 2 is 2.09 bits per heavy atom. The number of aliphatic hydroxyl groups is 1. The third-order valence-electron chi connectivity index (χ3n) is 4.23. The number of rotatable bonds is 1. The van der Waals surface area contributed by atoms with Crippen LogP contribution in [0, 0.1) is 5.92 Å². The lowest BCUT2D eigenvalue weighted by Gasteiger charge is -2.37. The summed E-state index contributed by atoms with van der Waals surface area (Å²) in [7, 11) is 0. The summed E-state index contributed by atoms with van der Waals surface area (Å²) in [6.07, 6.45) is -2.16. The zero-order valence-corrected chi connectivity index (χ0v) is 12.7. The Hall–Kier alpha value is -1.73. The second-order valence-electron chi connectivity index (χ2n) is 5.60. The zero-order chi connectivity index (χ0) is 16.8. The zero-order valence-electron chi connectivity index (χ0n) is 11.9. The van der Waals surface area contributed by atoms with Gasteiger partial charge in [0.25, 0.3) is 11.6 Å². The number of fused-ring (bicyclic) bond motifs is 1. The molecule has 0 radical (unpaired) electrons. The number of alkyl halides is 3. The fourth-order valence-electron chi connectivity index (χ4n) is 3.07. The predicted octanol–water partition coefficient (Wildman–Crippen LogP) is 3.24. The van der Waals surface area contributed by atoms with Crippen molar-refractivity contribution in [2.75, 3.05) is 0 Å². The summed E-state index contributed by atoms with van der Waals surface area (Å²) in [5, 5.41) is 10.7. The van der Waals surface area contributed by atoms with Crippen LogP contribution in [0.5, 0.6) is 0 Å². The molecular formula is C15H14ClF3N2O2. The summed E-state index contributed by atoms with van der Waals surface area (Å²) >= 11 is 5.91. The number of amides is 1. The quantitative estimate of drug-likeness (QED) is 0.821. The number of nitrogens with zero attached hydrogens (tertiary/aromatic N) is 1. The van der Waals surface area contributed by atoms with Gasteiger partial charge in [-0.3, -0.25) is 10.2 Å². The van der Waals surface area contributed by atoms with E-state index in [1.54, 1.807) is 12.1 Å². The van der Waals surface area contributed by atoms with E-state index in [1.807, 2.05) is 0 Å². The van der Waals surface area contributed by atoms with E-state index in [0.29, 0.717) is 12.8 Å². The van der Waals surface area contributed by atoms with Gasteiger partial charge in [0.05, 0.1) is 16.5 Å². The lowest BCUT2D eigenvalue weighted by molar-refractivity contribution is -0.314. The van der Waals surface area contributed by atoms with E-state index in [0.717, 1.165) is 0 Å². The van der Waals surface area contributed by atoms with Crippen LogP contribution >= 0.6 is 11.6 Å². The molecule has 1 saturated heterocycles. The molecule has 124 valence electrons. The normalized spacial score (nSPS) is 27.3. The van der Waals surface area contributed by atoms with Crippen LogP contribution in [-0.4, -0.2) is 27.9 Å². The molecule has 0 spiro atoms. The van der Waals surface area contributed by atoms with Gasteiger partial charge in [0, 0.05) is 5.70 Å². The van der Waals surface area contributed by atoms with Gasteiger partial charge in [0.2, 0.25) is 0 Å².